The molecule has 3 N–H and O–H groups in total. The third kappa shape index (κ3) is 11.7. The van der Waals surface area contributed by atoms with Crippen molar-refractivity contribution in [3.8, 4) is 23.3 Å². The number of pyridine rings is 2. The van der Waals surface area contributed by atoms with Crippen LogP contribution in [-0.4, -0.2) is 45.9 Å². The number of carboxylic acid groups (broad SMARTS) is 1. The van der Waals surface area contributed by atoms with Crippen LogP contribution >= 0.6 is 0 Å². The van der Waals surface area contributed by atoms with Gasteiger partial charge in [0.1, 0.15) is 45.9 Å². The first-order valence-electron chi connectivity index (χ1n) is 17.5. The molecule has 0 saturated carbocycles. The number of methoxy groups -OCH3 is 1. The summed E-state index contributed by atoms with van der Waals surface area (Å²) in [4.78, 5) is 55.4. The van der Waals surface area contributed by atoms with Crippen LogP contribution in [0.4, 0.5) is 17.6 Å². The second-order valence-corrected chi connectivity index (χ2v) is 12.6. The molecule has 2 aromatic heterocycles. The Bertz CT molecular complexity index is 2500. The van der Waals surface area contributed by atoms with E-state index in [1.807, 2.05) is 0 Å². The van der Waals surface area contributed by atoms with Gasteiger partial charge in [-0.15, -0.1) is 0 Å². The number of benzene rings is 4. The summed E-state index contributed by atoms with van der Waals surface area (Å²) in [6.45, 7) is 3.75. The van der Waals surface area contributed by atoms with Crippen LogP contribution < -0.4 is 20.1 Å². The molecule has 0 aliphatic rings. The van der Waals surface area contributed by atoms with Gasteiger partial charge in [-0.25, -0.2) is 37.1 Å². The van der Waals surface area contributed by atoms with Crippen molar-refractivity contribution in [1.82, 2.24) is 20.6 Å². The van der Waals surface area contributed by atoms with Crippen LogP contribution in [0.5, 0.6) is 23.3 Å². The number of aromatic nitrogens is 2. The van der Waals surface area contributed by atoms with Gasteiger partial charge in [0.05, 0.1) is 30.6 Å². The molecule has 0 atom stereocenters. The van der Waals surface area contributed by atoms with E-state index >= 15 is 0 Å². The topological polar surface area (TPSA) is 166 Å². The number of nitrogens with zero attached hydrogens (tertiary/aromatic N) is 2. The third-order valence-electron chi connectivity index (χ3n) is 8.41. The first-order valence-corrected chi connectivity index (χ1v) is 17.5. The predicted octanol–water partition coefficient (Wildman–Crippen LogP) is 8.27. The van der Waals surface area contributed by atoms with E-state index in [1.54, 1.807) is 38.1 Å². The average Bonchev–Trinajstić information content (AvgIpc) is 3.22. The highest BCUT2D eigenvalue weighted by Gasteiger charge is 2.19. The Morgan fingerprint density at radius 1 is 0.576 bits per heavy atom. The van der Waals surface area contributed by atoms with E-state index in [0.29, 0.717) is 16.7 Å². The number of carbonyl (C=O) groups excluding carboxylic acids is 3. The summed E-state index contributed by atoms with van der Waals surface area (Å²) in [5, 5.41) is 14.3. The van der Waals surface area contributed by atoms with Crippen molar-refractivity contribution in [3.63, 3.8) is 0 Å². The van der Waals surface area contributed by atoms with Gasteiger partial charge in [-0.2, -0.15) is 0 Å². The Hall–Kier alpha value is -7.62. The molecule has 2 amide bonds. The molecule has 59 heavy (non-hydrogen) atoms. The van der Waals surface area contributed by atoms with Crippen LogP contribution in [0.1, 0.15) is 63.7 Å². The number of nitrogens with one attached hydrogen (secondary N) is 2. The molecule has 0 aliphatic carbocycles. The van der Waals surface area contributed by atoms with Gasteiger partial charge in [-0.1, -0.05) is 12.1 Å². The van der Waals surface area contributed by atoms with Crippen LogP contribution in [0.2, 0.25) is 0 Å². The summed E-state index contributed by atoms with van der Waals surface area (Å²) in [7, 11) is 1.30. The Balaban J connectivity index is 0.000000224. The summed E-state index contributed by atoms with van der Waals surface area (Å²) >= 11 is 0. The second-order valence-electron chi connectivity index (χ2n) is 12.6. The highest BCUT2D eigenvalue weighted by molar-refractivity contribution is 5.97. The molecule has 0 saturated heterocycles. The standard InChI is InChI=1S/C22H18F2N2O4.C21H16F2N2O4/c1-13-9-14(22(28)29-2)3-4-15(13)11-25-20(27)19-10-17(24)12-26-21(19)30-18-7-5-16(23)6-8-18;1-12-8-13(21(27)28)2-3-14(12)10-24-19(26)18-9-16(23)11-25-20(18)29-17-6-4-15(22)5-7-17/h3-10,12H,11H2,1-2H3,(H,25,27);2-9,11H,10H2,1H3,(H,24,26)(H,27,28). The summed E-state index contributed by atoms with van der Waals surface area (Å²) in [6, 6.07) is 21.7. The monoisotopic (exact) mass is 810 g/mol. The van der Waals surface area contributed by atoms with Gasteiger partial charge in [0, 0.05) is 13.1 Å². The zero-order valence-electron chi connectivity index (χ0n) is 31.5. The van der Waals surface area contributed by atoms with Crippen LogP contribution in [0, 0.1) is 37.1 Å². The quantitative estimate of drug-likeness (QED) is 0.0809. The molecule has 302 valence electrons. The SMILES string of the molecule is COC(=O)c1ccc(CNC(=O)c2cc(F)cnc2Oc2ccc(F)cc2)c(C)c1.Cc1cc(C(=O)O)ccc1CNC(=O)c1cc(F)cnc1Oc1ccc(F)cc1. The number of amides is 2. The van der Waals surface area contributed by atoms with E-state index in [9.17, 15) is 36.7 Å². The van der Waals surface area contributed by atoms with Gasteiger partial charge in [0.15, 0.2) is 0 Å². The van der Waals surface area contributed by atoms with Crippen LogP contribution in [0.25, 0.3) is 0 Å². The molecule has 0 bridgehead atoms. The highest BCUT2D eigenvalue weighted by Crippen LogP contribution is 2.26. The molecule has 16 heteroatoms. The van der Waals surface area contributed by atoms with Crippen molar-refractivity contribution in [2.24, 2.45) is 0 Å². The van der Waals surface area contributed by atoms with Gasteiger partial charge in [-0.05, 0) is 121 Å². The van der Waals surface area contributed by atoms with E-state index in [4.69, 9.17) is 14.6 Å². The lowest BCUT2D eigenvalue weighted by atomic mass is 10.0. The summed E-state index contributed by atoms with van der Waals surface area (Å²) in [5.74, 6) is -4.81. The van der Waals surface area contributed by atoms with Crippen molar-refractivity contribution in [1.29, 1.82) is 0 Å². The highest BCUT2D eigenvalue weighted by atomic mass is 19.1. The minimum absolute atomic E-state index is 0.0943. The largest absolute Gasteiger partial charge is 0.478 e. The van der Waals surface area contributed by atoms with E-state index in [0.717, 1.165) is 35.7 Å². The third-order valence-corrected chi connectivity index (χ3v) is 8.41. The van der Waals surface area contributed by atoms with Gasteiger partial charge < -0.3 is 30.0 Å². The van der Waals surface area contributed by atoms with E-state index < -0.39 is 47.0 Å². The lowest BCUT2D eigenvalue weighted by Gasteiger charge is -2.12. The number of carbonyl (C=O) groups is 4. The van der Waals surface area contributed by atoms with E-state index in [-0.39, 0.29) is 53.0 Å². The molecule has 0 unspecified atom stereocenters. The Labute approximate surface area is 334 Å². The first kappa shape index (κ1) is 42.5. The predicted molar refractivity (Wildman–Crippen MR) is 204 cm³/mol. The molecule has 12 nitrogen and oxygen atoms in total. The van der Waals surface area contributed by atoms with Gasteiger partial charge in [0.25, 0.3) is 11.8 Å². The molecule has 0 aliphatic heterocycles. The van der Waals surface area contributed by atoms with Crippen molar-refractivity contribution in [2.75, 3.05) is 7.11 Å². The first-order chi connectivity index (χ1) is 28.2. The maximum absolute atomic E-state index is 13.7. The number of esters is 1. The number of hydrogen-bond donors (Lipinski definition) is 3. The van der Waals surface area contributed by atoms with Crippen molar-refractivity contribution < 1.29 is 56.1 Å². The fraction of sp³-hybridized carbons (Fsp3) is 0.116. The molecular formula is C43H34F4N4O8. The Morgan fingerprint density at radius 2 is 0.983 bits per heavy atom. The molecule has 6 rings (SSSR count). The van der Waals surface area contributed by atoms with Crippen molar-refractivity contribution in [3.05, 3.63) is 177 Å². The maximum atomic E-state index is 13.7. The number of hydrogen-bond acceptors (Lipinski definition) is 9. The van der Waals surface area contributed by atoms with E-state index in [1.165, 1.54) is 67.8 Å². The number of carboxylic acids is 1. The molecule has 0 fully saturated rings. The molecule has 6 aromatic rings. The zero-order valence-corrected chi connectivity index (χ0v) is 31.5. The smallest absolute Gasteiger partial charge is 0.337 e. The summed E-state index contributed by atoms with van der Waals surface area (Å²) in [6.07, 6.45) is 1.83. The fourth-order valence-corrected chi connectivity index (χ4v) is 5.28. The summed E-state index contributed by atoms with van der Waals surface area (Å²) in [5.41, 5.74) is 3.23. The Kier molecular flexibility index (Phi) is 14.1. The second kappa shape index (κ2) is 19.5. The van der Waals surface area contributed by atoms with Crippen LogP contribution in [-0.2, 0) is 17.8 Å². The van der Waals surface area contributed by atoms with Crippen molar-refractivity contribution >= 4 is 23.8 Å². The number of rotatable bonds is 12. The molecule has 0 spiro atoms. The number of aromatic carboxylic acids is 1. The zero-order chi connectivity index (χ0) is 42.6. The molecular weight excluding hydrogens is 776 g/mol. The molecule has 2 heterocycles. The van der Waals surface area contributed by atoms with Crippen LogP contribution in [0.3, 0.4) is 0 Å². The van der Waals surface area contributed by atoms with E-state index in [2.05, 4.69) is 25.3 Å². The lowest BCUT2D eigenvalue weighted by Crippen LogP contribution is -2.24. The molecule has 0 radical (unpaired) electrons. The van der Waals surface area contributed by atoms with Crippen LogP contribution in [0.15, 0.2) is 109 Å². The maximum Gasteiger partial charge on any atom is 0.337 e. The fourth-order valence-electron chi connectivity index (χ4n) is 5.28. The number of aryl methyl sites for hydroxylation is 2. The average molecular weight is 811 g/mol. The number of ether oxygens (including phenoxy) is 3. The lowest BCUT2D eigenvalue weighted by molar-refractivity contribution is 0.0599. The molecule has 4 aromatic carbocycles. The van der Waals surface area contributed by atoms with Gasteiger partial charge in [0.2, 0.25) is 11.8 Å². The normalized spacial score (nSPS) is 10.4. The minimum Gasteiger partial charge on any atom is -0.478 e. The Morgan fingerprint density at radius 3 is 1.37 bits per heavy atom. The number of halogens is 4. The van der Waals surface area contributed by atoms with Gasteiger partial charge in [-0.3, -0.25) is 9.59 Å². The van der Waals surface area contributed by atoms with Crippen molar-refractivity contribution in [2.45, 2.75) is 26.9 Å². The minimum atomic E-state index is -1.04. The summed E-state index contributed by atoms with van der Waals surface area (Å²) < 4.78 is 69.1. The van der Waals surface area contributed by atoms with Gasteiger partial charge >= 0.3 is 11.9 Å².